The Hall–Kier alpha value is -2.48. The predicted octanol–water partition coefficient (Wildman–Crippen LogP) is 2.67. The van der Waals surface area contributed by atoms with Crippen LogP contribution in [-0.4, -0.2) is 38.9 Å². The minimum absolute atomic E-state index is 0.103. The van der Waals surface area contributed by atoms with E-state index in [0.717, 1.165) is 0 Å². The molecule has 1 amide bonds. The minimum Gasteiger partial charge on any atom is -0.444 e. The summed E-state index contributed by atoms with van der Waals surface area (Å²) in [7, 11) is 0. The first-order valence-electron chi connectivity index (χ1n) is 8.05. The van der Waals surface area contributed by atoms with Gasteiger partial charge in [0.15, 0.2) is 0 Å². The van der Waals surface area contributed by atoms with E-state index >= 15 is 0 Å². The molecular weight excluding hydrogens is 326 g/mol. The maximum Gasteiger partial charge on any atom is 0.408 e. The number of nitro groups is 1. The fraction of sp³-hybridized carbons (Fsp3) is 0.529. The van der Waals surface area contributed by atoms with Gasteiger partial charge in [-0.3, -0.25) is 15.1 Å². The summed E-state index contributed by atoms with van der Waals surface area (Å²) in [4.78, 5) is 26.5. The second-order valence-electron chi connectivity index (χ2n) is 7.19. The molecule has 0 aromatic carbocycles. The van der Waals surface area contributed by atoms with Gasteiger partial charge in [-0.05, 0) is 44.7 Å². The molecule has 0 aliphatic heterocycles. The smallest absolute Gasteiger partial charge is 0.408 e. The molecule has 1 aliphatic rings. The molecule has 8 nitrogen and oxygen atoms in total. The number of nitrogens with one attached hydrogen (secondary N) is 1. The second kappa shape index (κ2) is 7.18. The summed E-state index contributed by atoms with van der Waals surface area (Å²) in [6.45, 7) is 7.06. The molecule has 0 spiro atoms. The molecule has 8 heteroatoms. The molecule has 0 bridgehead atoms. The second-order valence-corrected chi connectivity index (χ2v) is 7.19. The number of hydrogen-bond acceptors (Lipinski definition) is 6. The van der Waals surface area contributed by atoms with Crippen molar-refractivity contribution in [3.8, 4) is 0 Å². The molecule has 0 radical (unpaired) electrons. The molecule has 0 saturated carbocycles. The highest BCUT2D eigenvalue weighted by atomic mass is 16.6. The zero-order chi connectivity index (χ0) is 18.8. The average molecular weight is 349 g/mol. The maximum absolute atomic E-state index is 12.0. The van der Waals surface area contributed by atoms with Crippen molar-refractivity contribution in [2.24, 2.45) is 5.92 Å². The monoisotopic (exact) mass is 349 g/mol. The molecule has 1 aromatic heterocycles. The third kappa shape index (κ3) is 4.76. The quantitative estimate of drug-likeness (QED) is 0.640. The van der Waals surface area contributed by atoms with Crippen molar-refractivity contribution in [1.82, 2.24) is 10.3 Å². The molecule has 0 saturated heterocycles. The normalized spacial score (nSPS) is 23.6. The standard InChI is InChI=1S/C17H23N3O5/c1-10-7-11(12-5-6-18-9-14(12)20(23)24)8-13(15(10)21)19-16(22)25-17(2,3)4/h5-6,8-10,13,15,21H,7H2,1-4H3,(H,19,22)/t10-,13+,15+/m1/s1. The van der Waals surface area contributed by atoms with Crippen molar-refractivity contribution in [3.63, 3.8) is 0 Å². The first-order valence-corrected chi connectivity index (χ1v) is 8.05. The van der Waals surface area contributed by atoms with Crippen LogP contribution in [0, 0.1) is 16.0 Å². The van der Waals surface area contributed by atoms with E-state index in [1.807, 2.05) is 6.92 Å². The van der Waals surface area contributed by atoms with Crippen LogP contribution in [0.3, 0.4) is 0 Å². The first-order chi connectivity index (χ1) is 11.6. The van der Waals surface area contributed by atoms with Crippen LogP contribution >= 0.6 is 0 Å². The minimum atomic E-state index is -0.808. The van der Waals surface area contributed by atoms with Crippen LogP contribution in [0.15, 0.2) is 24.5 Å². The van der Waals surface area contributed by atoms with Crippen molar-refractivity contribution < 1.29 is 19.6 Å². The molecular formula is C17H23N3O5. The Morgan fingerprint density at radius 3 is 2.76 bits per heavy atom. The highest BCUT2D eigenvalue weighted by Gasteiger charge is 2.33. The molecule has 136 valence electrons. The van der Waals surface area contributed by atoms with Crippen LogP contribution < -0.4 is 5.32 Å². The third-order valence-electron chi connectivity index (χ3n) is 3.90. The Labute approximate surface area is 146 Å². The molecule has 0 unspecified atom stereocenters. The summed E-state index contributed by atoms with van der Waals surface area (Å²) in [6, 6.07) is 0.875. The van der Waals surface area contributed by atoms with Gasteiger partial charge in [-0.25, -0.2) is 4.79 Å². The Balaban J connectivity index is 2.31. The lowest BCUT2D eigenvalue weighted by Gasteiger charge is -2.33. The highest BCUT2D eigenvalue weighted by Crippen LogP contribution is 2.35. The van der Waals surface area contributed by atoms with Crippen molar-refractivity contribution >= 4 is 17.4 Å². The van der Waals surface area contributed by atoms with Crippen LogP contribution in [0.4, 0.5) is 10.5 Å². The predicted molar refractivity (Wildman–Crippen MR) is 91.8 cm³/mol. The summed E-state index contributed by atoms with van der Waals surface area (Å²) in [5.74, 6) is -0.187. The molecule has 1 aromatic rings. The van der Waals surface area contributed by atoms with Crippen molar-refractivity contribution in [3.05, 3.63) is 40.2 Å². The zero-order valence-electron chi connectivity index (χ0n) is 14.7. The molecule has 1 aliphatic carbocycles. The zero-order valence-corrected chi connectivity index (χ0v) is 14.7. The van der Waals surface area contributed by atoms with Gasteiger partial charge in [-0.15, -0.1) is 0 Å². The molecule has 3 atom stereocenters. The van der Waals surface area contributed by atoms with Crippen LogP contribution in [-0.2, 0) is 4.74 Å². The van der Waals surface area contributed by atoms with Crippen LogP contribution in [0.5, 0.6) is 0 Å². The number of carbonyl (C=O) groups is 1. The van der Waals surface area contributed by atoms with Gasteiger partial charge in [0.25, 0.3) is 5.69 Å². The number of allylic oxidation sites excluding steroid dienone is 1. The number of alkyl carbamates (subject to hydrolysis) is 1. The topological polar surface area (TPSA) is 115 Å². The SMILES string of the molecule is C[C@@H]1CC(c2ccncc2[N+](=O)[O-])=C[C@H](NC(=O)OC(C)(C)C)[C@H]1O. The molecule has 25 heavy (non-hydrogen) atoms. The summed E-state index contributed by atoms with van der Waals surface area (Å²) in [5, 5.41) is 24.2. The summed E-state index contributed by atoms with van der Waals surface area (Å²) in [5.41, 5.74) is 0.363. The lowest BCUT2D eigenvalue weighted by molar-refractivity contribution is -0.385. The molecule has 0 fully saturated rings. The number of ether oxygens (including phenoxy) is 1. The van der Waals surface area contributed by atoms with E-state index < -0.39 is 28.8 Å². The maximum atomic E-state index is 12.0. The van der Waals surface area contributed by atoms with E-state index in [2.05, 4.69) is 10.3 Å². The Kier molecular flexibility index (Phi) is 5.42. The Morgan fingerprint density at radius 1 is 1.48 bits per heavy atom. The number of rotatable bonds is 3. The molecule has 1 heterocycles. The van der Waals surface area contributed by atoms with Gasteiger partial charge in [0.1, 0.15) is 11.8 Å². The van der Waals surface area contributed by atoms with Crippen LogP contribution in [0.2, 0.25) is 0 Å². The lowest BCUT2D eigenvalue weighted by Crippen LogP contribution is -2.48. The van der Waals surface area contributed by atoms with E-state index in [9.17, 15) is 20.0 Å². The Bertz CT molecular complexity index is 696. The van der Waals surface area contributed by atoms with E-state index in [4.69, 9.17) is 4.74 Å². The fourth-order valence-corrected chi connectivity index (χ4v) is 2.78. The third-order valence-corrected chi connectivity index (χ3v) is 3.90. The van der Waals surface area contributed by atoms with E-state index in [1.54, 1.807) is 32.9 Å². The number of pyridine rings is 1. The summed E-state index contributed by atoms with van der Waals surface area (Å²) < 4.78 is 5.22. The van der Waals surface area contributed by atoms with Gasteiger partial charge >= 0.3 is 6.09 Å². The van der Waals surface area contributed by atoms with Crippen LogP contribution in [0.1, 0.15) is 39.7 Å². The van der Waals surface area contributed by atoms with Crippen molar-refractivity contribution in [1.29, 1.82) is 0 Å². The molecule has 2 rings (SSSR count). The number of hydrogen-bond donors (Lipinski definition) is 2. The Morgan fingerprint density at radius 2 is 2.16 bits per heavy atom. The lowest BCUT2D eigenvalue weighted by atomic mass is 9.82. The van der Waals surface area contributed by atoms with Gasteiger partial charge in [-0.1, -0.05) is 13.0 Å². The number of carbonyl (C=O) groups excluding carboxylic acids is 1. The molecule has 2 N–H and O–H groups in total. The van der Waals surface area contributed by atoms with E-state index in [1.165, 1.54) is 12.4 Å². The van der Waals surface area contributed by atoms with Crippen molar-refractivity contribution in [2.75, 3.05) is 0 Å². The number of aliphatic hydroxyl groups is 1. The fourth-order valence-electron chi connectivity index (χ4n) is 2.78. The van der Waals surface area contributed by atoms with Gasteiger partial charge in [0.2, 0.25) is 0 Å². The van der Waals surface area contributed by atoms with E-state index in [0.29, 0.717) is 17.6 Å². The van der Waals surface area contributed by atoms with Gasteiger partial charge in [0, 0.05) is 6.20 Å². The van der Waals surface area contributed by atoms with Gasteiger partial charge < -0.3 is 15.2 Å². The highest BCUT2D eigenvalue weighted by molar-refractivity contribution is 5.75. The van der Waals surface area contributed by atoms with Gasteiger partial charge in [0.05, 0.1) is 22.6 Å². The summed E-state index contributed by atoms with van der Waals surface area (Å²) >= 11 is 0. The number of amides is 1. The first kappa shape index (κ1) is 18.9. The van der Waals surface area contributed by atoms with E-state index in [-0.39, 0.29) is 11.6 Å². The average Bonchev–Trinajstić information content (AvgIpc) is 2.49. The van der Waals surface area contributed by atoms with Crippen LogP contribution in [0.25, 0.3) is 5.57 Å². The number of aromatic nitrogens is 1. The van der Waals surface area contributed by atoms with Crippen molar-refractivity contribution in [2.45, 2.75) is 51.9 Å². The number of aliphatic hydroxyl groups excluding tert-OH is 1. The number of nitrogens with zero attached hydrogens (tertiary/aromatic N) is 2. The summed E-state index contributed by atoms with van der Waals surface area (Å²) in [6.07, 6.45) is 3.33. The van der Waals surface area contributed by atoms with Gasteiger partial charge in [-0.2, -0.15) is 0 Å². The largest absolute Gasteiger partial charge is 0.444 e.